The van der Waals surface area contributed by atoms with Crippen LogP contribution < -0.4 is 5.73 Å². The van der Waals surface area contributed by atoms with Gasteiger partial charge in [-0.3, -0.25) is 4.79 Å². The third-order valence-electron chi connectivity index (χ3n) is 2.39. The Morgan fingerprint density at radius 2 is 2.39 bits per heavy atom. The number of anilines is 1. The summed E-state index contributed by atoms with van der Waals surface area (Å²) in [5, 5.41) is 0. The number of esters is 1. The molecule has 0 aliphatic heterocycles. The van der Waals surface area contributed by atoms with Crippen molar-refractivity contribution in [1.82, 2.24) is 14.5 Å². The number of nitrogen functional groups attached to an aromatic ring is 1. The fraction of sp³-hybridized carbons (Fsp3) is 0.250. The Balaban J connectivity index is 2.25. The Hall–Kier alpha value is -2.37. The molecule has 94 valence electrons. The maximum atomic E-state index is 11.5. The van der Waals surface area contributed by atoms with Crippen molar-refractivity contribution in [1.29, 1.82) is 0 Å². The summed E-state index contributed by atoms with van der Waals surface area (Å²) in [6.07, 6.45) is 4.88. The van der Waals surface area contributed by atoms with Gasteiger partial charge >= 0.3 is 5.97 Å². The minimum atomic E-state index is -0.293. The average Bonchev–Trinajstić information content (AvgIpc) is 2.77. The van der Waals surface area contributed by atoms with E-state index in [9.17, 15) is 4.79 Å². The fourth-order valence-corrected chi connectivity index (χ4v) is 1.64. The number of nitrogens with two attached hydrogens (primary N) is 1. The number of rotatable bonds is 4. The predicted octanol–water partition coefficient (Wildman–Crippen LogP) is 1.09. The smallest absolute Gasteiger partial charge is 0.325 e. The normalized spacial score (nSPS) is 10.3. The minimum absolute atomic E-state index is 0.130. The van der Waals surface area contributed by atoms with Gasteiger partial charge in [-0.1, -0.05) is 0 Å². The molecule has 6 heteroatoms. The molecular formula is C12H14N4O2. The Bertz CT molecular complexity index is 551. The topological polar surface area (TPSA) is 83.0 Å². The van der Waals surface area contributed by atoms with E-state index in [1.165, 1.54) is 0 Å². The first-order valence-corrected chi connectivity index (χ1v) is 5.58. The highest BCUT2D eigenvalue weighted by Crippen LogP contribution is 2.19. The molecule has 0 aliphatic rings. The fourth-order valence-electron chi connectivity index (χ4n) is 1.64. The monoisotopic (exact) mass is 246 g/mol. The van der Waals surface area contributed by atoms with E-state index >= 15 is 0 Å². The van der Waals surface area contributed by atoms with Crippen LogP contribution in [0.15, 0.2) is 30.9 Å². The molecule has 0 fully saturated rings. The van der Waals surface area contributed by atoms with E-state index in [0.29, 0.717) is 12.4 Å². The Kier molecular flexibility index (Phi) is 3.57. The molecule has 0 aromatic carbocycles. The quantitative estimate of drug-likeness (QED) is 0.816. The van der Waals surface area contributed by atoms with E-state index in [4.69, 9.17) is 10.5 Å². The molecule has 0 radical (unpaired) electrons. The lowest BCUT2D eigenvalue weighted by Gasteiger charge is -2.07. The second-order valence-electron chi connectivity index (χ2n) is 3.68. The first-order valence-electron chi connectivity index (χ1n) is 5.58. The molecule has 0 aliphatic carbocycles. The molecule has 0 amide bonds. The minimum Gasteiger partial charge on any atom is -0.465 e. The van der Waals surface area contributed by atoms with E-state index in [0.717, 1.165) is 11.3 Å². The molecule has 0 saturated carbocycles. The molecule has 2 N–H and O–H groups in total. The molecule has 0 saturated heterocycles. The summed E-state index contributed by atoms with van der Waals surface area (Å²) in [5.74, 6) is 0.134. The summed E-state index contributed by atoms with van der Waals surface area (Å²) in [6, 6.07) is 3.55. The van der Waals surface area contributed by atoms with Crippen LogP contribution in [0.3, 0.4) is 0 Å². The van der Waals surface area contributed by atoms with Crippen molar-refractivity contribution in [3.05, 3.63) is 30.9 Å². The van der Waals surface area contributed by atoms with Crippen molar-refractivity contribution in [2.75, 3.05) is 12.3 Å². The number of ether oxygens (including phenoxy) is 1. The predicted molar refractivity (Wildman–Crippen MR) is 66.5 cm³/mol. The third-order valence-corrected chi connectivity index (χ3v) is 2.39. The van der Waals surface area contributed by atoms with E-state index < -0.39 is 0 Å². The van der Waals surface area contributed by atoms with Crippen molar-refractivity contribution >= 4 is 11.8 Å². The first kappa shape index (κ1) is 12.1. The van der Waals surface area contributed by atoms with E-state index in [-0.39, 0.29) is 12.5 Å². The molecule has 0 spiro atoms. The van der Waals surface area contributed by atoms with Gasteiger partial charge in [0.1, 0.15) is 12.4 Å². The van der Waals surface area contributed by atoms with Crippen molar-refractivity contribution in [3.8, 4) is 11.3 Å². The van der Waals surface area contributed by atoms with Gasteiger partial charge in [-0.05, 0) is 19.1 Å². The zero-order chi connectivity index (χ0) is 13.0. The van der Waals surface area contributed by atoms with Crippen LogP contribution >= 0.6 is 0 Å². The molecule has 0 unspecified atom stereocenters. The van der Waals surface area contributed by atoms with Gasteiger partial charge in [0.2, 0.25) is 0 Å². The first-order chi connectivity index (χ1) is 8.70. The van der Waals surface area contributed by atoms with Gasteiger partial charge in [-0.25, -0.2) is 9.97 Å². The molecule has 2 heterocycles. The van der Waals surface area contributed by atoms with Crippen molar-refractivity contribution < 1.29 is 9.53 Å². The standard InChI is InChI=1S/C12H14N4O2/c1-2-18-12(17)7-16-8-14-6-10(16)9-3-4-15-11(13)5-9/h3-6,8H,2,7H2,1H3,(H2,13,15). The maximum Gasteiger partial charge on any atom is 0.325 e. The van der Waals surface area contributed by atoms with E-state index in [2.05, 4.69) is 9.97 Å². The zero-order valence-corrected chi connectivity index (χ0v) is 10.0. The van der Waals surface area contributed by atoms with Crippen LogP contribution in [0.1, 0.15) is 6.92 Å². The number of hydrogen-bond acceptors (Lipinski definition) is 5. The van der Waals surface area contributed by atoms with Gasteiger partial charge in [0.05, 0.1) is 24.8 Å². The number of hydrogen-bond donors (Lipinski definition) is 1. The number of carbonyl (C=O) groups is 1. The van der Waals surface area contributed by atoms with Gasteiger partial charge in [-0.2, -0.15) is 0 Å². The molecule has 2 aromatic heterocycles. The SMILES string of the molecule is CCOC(=O)Cn1cncc1-c1ccnc(N)c1. The van der Waals surface area contributed by atoms with Gasteiger partial charge in [0.15, 0.2) is 0 Å². The van der Waals surface area contributed by atoms with E-state index in [1.54, 1.807) is 36.3 Å². The van der Waals surface area contributed by atoms with Crippen molar-refractivity contribution in [2.45, 2.75) is 13.5 Å². The van der Waals surface area contributed by atoms with Gasteiger partial charge < -0.3 is 15.0 Å². The van der Waals surface area contributed by atoms with Gasteiger partial charge in [0, 0.05) is 11.8 Å². The van der Waals surface area contributed by atoms with E-state index in [1.807, 2.05) is 6.07 Å². The number of carbonyl (C=O) groups excluding carboxylic acids is 1. The number of pyridine rings is 1. The van der Waals surface area contributed by atoms with Crippen LogP contribution in [-0.4, -0.2) is 27.1 Å². The van der Waals surface area contributed by atoms with Crippen LogP contribution in [-0.2, 0) is 16.1 Å². The molecule has 18 heavy (non-hydrogen) atoms. The Morgan fingerprint density at radius 1 is 1.56 bits per heavy atom. The number of aromatic nitrogens is 3. The highest BCUT2D eigenvalue weighted by atomic mass is 16.5. The third kappa shape index (κ3) is 2.65. The maximum absolute atomic E-state index is 11.5. The largest absolute Gasteiger partial charge is 0.465 e. The molecule has 2 rings (SSSR count). The van der Waals surface area contributed by atoms with Gasteiger partial charge in [-0.15, -0.1) is 0 Å². The van der Waals surface area contributed by atoms with Crippen LogP contribution in [0.5, 0.6) is 0 Å². The molecule has 0 atom stereocenters. The summed E-state index contributed by atoms with van der Waals surface area (Å²) in [5.41, 5.74) is 7.30. The van der Waals surface area contributed by atoms with Crippen molar-refractivity contribution in [3.63, 3.8) is 0 Å². The molecule has 2 aromatic rings. The molecule has 6 nitrogen and oxygen atoms in total. The highest BCUT2D eigenvalue weighted by molar-refractivity contribution is 5.71. The summed E-state index contributed by atoms with van der Waals surface area (Å²) in [6.45, 7) is 2.27. The second-order valence-corrected chi connectivity index (χ2v) is 3.68. The average molecular weight is 246 g/mol. The lowest BCUT2D eigenvalue weighted by molar-refractivity contribution is -0.143. The van der Waals surface area contributed by atoms with Crippen LogP contribution in [0.4, 0.5) is 5.82 Å². The van der Waals surface area contributed by atoms with Crippen LogP contribution in [0, 0.1) is 0 Å². The van der Waals surface area contributed by atoms with Gasteiger partial charge in [0.25, 0.3) is 0 Å². The summed E-state index contributed by atoms with van der Waals surface area (Å²) in [7, 11) is 0. The number of imidazole rings is 1. The van der Waals surface area contributed by atoms with Crippen molar-refractivity contribution in [2.24, 2.45) is 0 Å². The number of nitrogens with zero attached hydrogens (tertiary/aromatic N) is 3. The Labute approximate surface area is 104 Å². The lowest BCUT2D eigenvalue weighted by Crippen LogP contribution is -2.13. The lowest BCUT2D eigenvalue weighted by atomic mass is 10.2. The second kappa shape index (κ2) is 5.31. The molecule has 0 bridgehead atoms. The van der Waals surface area contributed by atoms with Crippen LogP contribution in [0.25, 0.3) is 11.3 Å². The highest BCUT2D eigenvalue weighted by Gasteiger charge is 2.09. The zero-order valence-electron chi connectivity index (χ0n) is 10.0. The molecular weight excluding hydrogens is 232 g/mol. The van der Waals surface area contributed by atoms with Crippen LogP contribution in [0.2, 0.25) is 0 Å². The summed E-state index contributed by atoms with van der Waals surface area (Å²) in [4.78, 5) is 19.4. The Morgan fingerprint density at radius 3 is 3.11 bits per heavy atom. The summed E-state index contributed by atoms with van der Waals surface area (Å²) >= 11 is 0. The summed E-state index contributed by atoms with van der Waals surface area (Å²) < 4.78 is 6.62.